The van der Waals surface area contributed by atoms with E-state index in [4.69, 9.17) is 11.5 Å². The van der Waals surface area contributed by atoms with E-state index in [2.05, 4.69) is 57.7 Å². The fourth-order valence-electron chi connectivity index (χ4n) is 3.74. The fraction of sp³-hybridized carbons (Fsp3) is 0.455. The van der Waals surface area contributed by atoms with Crippen molar-refractivity contribution >= 4 is 11.4 Å². The van der Waals surface area contributed by atoms with Crippen molar-refractivity contribution in [2.75, 3.05) is 63.0 Å². The smallest absolute Gasteiger partial charge is 0.0380 e. The topological polar surface area (TPSA) is 100 Å². The molecule has 8 N–H and O–H groups in total. The molecule has 6 nitrogen and oxygen atoms in total. The predicted molar refractivity (Wildman–Crippen MR) is 119 cm³/mol. The molecule has 0 unspecified atom stereocenters. The Morgan fingerprint density at radius 3 is 1.50 bits per heavy atom. The SMILES string of the molecule is NCCNCCNc1ccc(NCCNCCN)c2c1Cc1ccccc1C2. The Labute approximate surface area is 168 Å². The van der Waals surface area contributed by atoms with Gasteiger partial charge in [-0.05, 0) is 34.4 Å². The van der Waals surface area contributed by atoms with Gasteiger partial charge in [0.25, 0.3) is 0 Å². The third-order valence-electron chi connectivity index (χ3n) is 5.16. The van der Waals surface area contributed by atoms with Crippen LogP contribution in [0.3, 0.4) is 0 Å². The summed E-state index contributed by atoms with van der Waals surface area (Å²) < 4.78 is 0. The monoisotopic (exact) mass is 382 g/mol. The van der Waals surface area contributed by atoms with Gasteiger partial charge in [0, 0.05) is 76.6 Å². The molecule has 0 fully saturated rings. The van der Waals surface area contributed by atoms with Crippen LogP contribution in [0.25, 0.3) is 0 Å². The summed E-state index contributed by atoms with van der Waals surface area (Å²) in [6.45, 7) is 6.67. The molecular formula is C22H34N6. The Morgan fingerprint density at radius 2 is 1.07 bits per heavy atom. The maximum Gasteiger partial charge on any atom is 0.0380 e. The minimum atomic E-state index is 0.673. The zero-order valence-electron chi connectivity index (χ0n) is 16.7. The van der Waals surface area contributed by atoms with Crippen LogP contribution in [0.2, 0.25) is 0 Å². The summed E-state index contributed by atoms with van der Waals surface area (Å²) >= 11 is 0. The van der Waals surface area contributed by atoms with Crippen molar-refractivity contribution < 1.29 is 0 Å². The number of hydrogen-bond donors (Lipinski definition) is 6. The first-order chi connectivity index (χ1) is 13.8. The molecule has 2 aromatic rings. The molecule has 1 aliphatic carbocycles. The van der Waals surface area contributed by atoms with E-state index in [1.807, 2.05) is 0 Å². The van der Waals surface area contributed by atoms with Crippen LogP contribution in [0, 0.1) is 0 Å². The second kappa shape index (κ2) is 11.0. The summed E-state index contributed by atoms with van der Waals surface area (Å²) in [5.41, 5.74) is 19.3. The van der Waals surface area contributed by atoms with Crippen LogP contribution in [-0.4, -0.2) is 52.4 Å². The lowest BCUT2D eigenvalue weighted by molar-refractivity contribution is 0.706. The molecule has 0 aliphatic heterocycles. The molecule has 6 heteroatoms. The molecule has 0 amide bonds. The highest BCUT2D eigenvalue weighted by atomic mass is 15.0. The molecule has 0 spiro atoms. The zero-order chi connectivity index (χ0) is 19.6. The lowest BCUT2D eigenvalue weighted by Crippen LogP contribution is -2.28. The maximum absolute atomic E-state index is 5.54. The first-order valence-corrected chi connectivity index (χ1v) is 10.3. The lowest BCUT2D eigenvalue weighted by Gasteiger charge is -2.26. The minimum absolute atomic E-state index is 0.673. The summed E-state index contributed by atoms with van der Waals surface area (Å²) in [5.74, 6) is 0. The number of nitrogens with one attached hydrogen (secondary N) is 4. The van der Waals surface area contributed by atoms with E-state index in [0.717, 1.165) is 52.1 Å². The molecular weight excluding hydrogens is 348 g/mol. The van der Waals surface area contributed by atoms with Gasteiger partial charge in [0.1, 0.15) is 0 Å². The molecule has 0 saturated carbocycles. The van der Waals surface area contributed by atoms with Gasteiger partial charge in [-0.15, -0.1) is 0 Å². The van der Waals surface area contributed by atoms with Gasteiger partial charge in [-0.2, -0.15) is 0 Å². The van der Waals surface area contributed by atoms with Crippen LogP contribution < -0.4 is 32.7 Å². The van der Waals surface area contributed by atoms with E-state index in [0.29, 0.717) is 13.1 Å². The summed E-state index contributed by atoms with van der Waals surface area (Å²) in [5, 5.41) is 13.9. The predicted octanol–water partition coefficient (Wildman–Crippen LogP) is 1.10. The van der Waals surface area contributed by atoms with Gasteiger partial charge < -0.3 is 32.7 Å². The third-order valence-corrected chi connectivity index (χ3v) is 5.16. The van der Waals surface area contributed by atoms with Crippen molar-refractivity contribution in [3.63, 3.8) is 0 Å². The number of fused-ring (bicyclic) bond motifs is 2. The summed E-state index contributed by atoms with van der Waals surface area (Å²) in [4.78, 5) is 0. The molecule has 0 bridgehead atoms. The molecule has 0 atom stereocenters. The number of nitrogens with two attached hydrogens (primary N) is 2. The number of hydrogen-bond acceptors (Lipinski definition) is 6. The van der Waals surface area contributed by atoms with Gasteiger partial charge in [-0.1, -0.05) is 24.3 Å². The van der Waals surface area contributed by atoms with Crippen molar-refractivity contribution in [1.29, 1.82) is 0 Å². The molecule has 1 aliphatic rings. The van der Waals surface area contributed by atoms with Gasteiger partial charge in [0.05, 0.1) is 0 Å². The lowest BCUT2D eigenvalue weighted by atomic mass is 9.84. The van der Waals surface area contributed by atoms with Crippen molar-refractivity contribution in [3.8, 4) is 0 Å². The van der Waals surface area contributed by atoms with E-state index in [1.54, 1.807) is 0 Å². The summed E-state index contributed by atoms with van der Waals surface area (Å²) in [7, 11) is 0. The highest BCUT2D eigenvalue weighted by molar-refractivity contribution is 5.69. The largest absolute Gasteiger partial charge is 0.384 e. The fourth-order valence-corrected chi connectivity index (χ4v) is 3.74. The highest BCUT2D eigenvalue weighted by Gasteiger charge is 2.20. The molecule has 152 valence electrons. The molecule has 28 heavy (non-hydrogen) atoms. The molecule has 3 rings (SSSR count). The van der Waals surface area contributed by atoms with Gasteiger partial charge in [0.2, 0.25) is 0 Å². The van der Waals surface area contributed by atoms with E-state index in [9.17, 15) is 0 Å². The zero-order valence-corrected chi connectivity index (χ0v) is 16.7. The molecule has 0 aromatic heterocycles. The molecule has 2 aromatic carbocycles. The van der Waals surface area contributed by atoms with Crippen molar-refractivity contribution in [1.82, 2.24) is 10.6 Å². The second-order valence-corrected chi connectivity index (χ2v) is 7.17. The van der Waals surface area contributed by atoms with Crippen LogP contribution in [0.4, 0.5) is 11.4 Å². The van der Waals surface area contributed by atoms with Crippen molar-refractivity contribution in [3.05, 3.63) is 58.7 Å². The Kier molecular flexibility index (Phi) is 8.11. The van der Waals surface area contributed by atoms with Crippen LogP contribution in [0.1, 0.15) is 22.3 Å². The van der Waals surface area contributed by atoms with E-state index in [-0.39, 0.29) is 0 Å². The third kappa shape index (κ3) is 5.45. The van der Waals surface area contributed by atoms with Crippen LogP contribution >= 0.6 is 0 Å². The quantitative estimate of drug-likeness (QED) is 0.263. The molecule has 0 saturated heterocycles. The summed E-state index contributed by atoms with van der Waals surface area (Å²) in [6.07, 6.45) is 1.95. The van der Waals surface area contributed by atoms with Gasteiger partial charge in [-0.3, -0.25) is 0 Å². The normalized spacial score (nSPS) is 12.4. The van der Waals surface area contributed by atoms with Crippen LogP contribution in [-0.2, 0) is 12.8 Å². The maximum atomic E-state index is 5.54. The molecule has 0 heterocycles. The van der Waals surface area contributed by atoms with E-state index >= 15 is 0 Å². The number of anilines is 2. The number of benzene rings is 2. The summed E-state index contributed by atoms with van der Waals surface area (Å²) in [6, 6.07) is 13.2. The average molecular weight is 383 g/mol. The first kappa shape index (κ1) is 20.6. The van der Waals surface area contributed by atoms with Crippen LogP contribution in [0.15, 0.2) is 36.4 Å². The Hall–Kier alpha value is -2.12. The first-order valence-electron chi connectivity index (χ1n) is 10.3. The van der Waals surface area contributed by atoms with Crippen molar-refractivity contribution in [2.45, 2.75) is 12.8 Å². The second-order valence-electron chi connectivity index (χ2n) is 7.17. The van der Waals surface area contributed by atoms with Crippen molar-refractivity contribution in [2.24, 2.45) is 11.5 Å². The van der Waals surface area contributed by atoms with E-state index < -0.39 is 0 Å². The average Bonchev–Trinajstić information content (AvgIpc) is 2.73. The van der Waals surface area contributed by atoms with Gasteiger partial charge >= 0.3 is 0 Å². The standard InChI is InChI=1S/C22H34N6/c23-7-9-25-11-13-27-21-5-6-22(28-14-12-26-10-8-24)20-16-18-4-2-1-3-17(18)15-19(20)21/h1-6,25-28H,7-16,23-24H2. The molecule has 0 radical (unpaired) electrons. The van der Waals surface area contributed by atoms with Gasteiger partial charge in [-0.25, -0.2) is 0 Å². The van der Waals surface area contributed by atoms with Gasteiger partial charge in [0.15, 0.2) is 0 Å². The Morgan fingerprint density at radius 1 is 0.607 bits per heavy atom. The number of rotatable bonds is 12. The Bertz CT molecular complexity index is 684. The highest BCUT2D eigenvalue weighted by Crippen LogP contribution is 2.36. The van der Waals surface area contributed by atoms with Crippen LogP contribution in [0.5, 0.6) is 0 Å². The minimum Gasteiger partial charge on any atom is -0.384 e. The Balaban J connectivity index is 1.72. The van der Waals surface area contributed by atoms with E-state index in [1.165, 1.54) is 33.6 Å².